The van der Waals surface area contributed by atoms with Crippen LogP contribution in [0.15, 0.2) is 0 Å². The molecule has 12 nitrogen and oxygen atoms in total. The van der Waals surface area contributed by atoms with E-state index in [0.29, 0.717) is 0 Å². The average Bonchev–Trinajstić information content (AvgIpc) is 1.76. The third-order valence-electron chi connectivity index (χ3n) is 0. The van der Waals surface area contributed by atoms with Crippen LogP contribution in [0.2, 0.25) is 0 Å². The van der Waals surface area contributed by atoms with Crippen LogP contribution in [0.1, 0.15) is 0 Å². The Kier molecular flexibility index (Phi) is 82.5. The van der Waals surface area contributed by atoms with Gasteiger partial charge in [-0.2, -0.15) is 0 Å². The summed E-state index contributed by atoms with van der Waals surface area (Å²) < 4.78 is 0. The fraction of sp³-hybridized carbons (Fsp3) is 0. The van der Waals surface area contributed by atoms with Crippen LogP contribution >= 0.6 is 0 Å². The van der Waals surface area contributed by atoms with Crippen molar-refractivity contribution < 1.29 is 116 Å². The molecule has 3 radical (unpaired) electrons. The summed E-state index contributed by atoms with van der Waals surface area (Å²) in [5.74, 6) is 0. The van der Waals surface area contributed by atoms with Gasteiger partial charge in [0.25, 0.3) is 0 Å². The Hall–Kier alpha value is 1.53. The van der Waals surface area contributed by atoms with Gasteiger partial charge in [-0.05, 0) is 0 Å². The summed E-state index contributed by atoms with van der Waals surface area (Å²) in [6.07, 6.45) is 0. The molecule has 0 N–H and O–H groups in total. The van der Waals surface area contributed by atoms with E-state index >= 15 is 0 Å². The Bertz CT molecular complexity index is 68.0. The number of hydrogen-bond donors (Lipinski definition) is 0. The first-order valence-corrected chi connectivity index (χ1v) is 2.83. The van der Waals surface area contributed by atoms with Gasteiger partial charge in [0, 0.05) is 0 Å². The van der Waals surface area contributed by atoms with E-state index in [9.17, 15) is 0 Å². The van der Waals surface area contributed by atoms with Gasteiger partial charge < -0.3 is 60.3 Å². The predicted molar refractivity (Wildman–Crippen MR) is 23.0 cm³/mol. The van der Waals surface area contributed by atoms with Crippen molar-refractivity contribution in [3.8, 4) is 0 Å². The van der Waals surface area contributed by atoms with E-state index in [1.54, 1.807) is 0 Å². The van der Waals surface area contributed by atoms with E-state index in [2.05, 4.69) is 0 Å². The molecule has 0 amide bonds. The first-order valence-electron chi connectivity index (χ1n) is 2.83. The van der Waals surface area contributed by atoms with E-state index in [-0.39, 0.29) is 55.7 Å². The van der Waals surface area contributed by atoms with Gasteiger partial charge in [0.15, 0.2) is 0 Å². The Morgan fingerprint density at radius 2 is 0.263 bits per heavy atom. The third-order valence-corrected chi connectivity index (χ3v) is 0. The quantitative estimate of drug-likeness (QED) is 0.349. The second-order valence-electron chi connectivity index (χ2n) is 1.15. The second kappa shape index (κ2) is 36.6. The van der Waals surface area contributed by atoms with Gasteiger partial charge in [0.1, 0.15) is 0 Å². The summed E-state index contributed by atoms with van der Waals surface area (Å²) in [6, 6.07) is 0. The van der Waals surface area contributed by atoms with Crippen LogP contribution < -0.4 is 60.3 Å². The van der Waals surface area contributed by atoms with Crippen molar-refractivity contribution in [1.29, 1.82) is 0 Å². The Balaban J connectivity index is -0.0000000192. The van der Waals surface area contributed by atoms with Crippen LogP contribution in [0.4, 0.5) is 0 Å². The largest absolute Gasteiger partial charge is 4.00 e. The fourth-order valence-electron chi connectivity index (χ4n) is 0. The molecule has 0 heterocycles. The Morgan fingerprint density at radius 1 is 0.263 bits per heavy atom. The van der Waals surface area contributed by atoms with E-state index in [1.807, 2.05) is 0 Å². The normalized spacial score (nSPS) is 5.68. The molecular weight excluding hydrogens is 388 g/mol. The molecular formula is B4O12V3. The van der Waals surface area contributed by atoms with Crippen LogP contribution in [0, 0.1) is 0 Å². The van der Waals surface area contributed by atoms with Gasteiger partial charge in [-0.1, -0.05) is 0 Å². The van der Waals surface area contributed by atoms with E-state index in [1.165, 1.54) is 0 Å². The van der Waals surface area contributed by atoms with E-state index < -0.39 is 29.3 Å². The zero-order valence-corrected chi connectivity index (χ0v) is 12.7. The summed E-state index contributed by atoms with van der Waals surface area (Å²) >= 11 is 0. The molecule has 0 aromatic rings. The SMILES string of the molecule is [O-]B([O-])[O-].[O-]B([O-])[O-].[O-]B([O-])[O-].[O-]B([O-])[O-].[V+4].[V+4].[V+4]. The monoisotopic (exact) mass is 389 g/mol. The number of rotatable bonds is 0. The van der Waals surface area contributed by atoms with Crippen LogP contribution in [-0.2, 0) is 55.7 Å². The summed E-state index contributed by atoms with van der Waals surface area (Å²) in [5.41, 5.74) is 0. The van der Waals surface area contributed by atoms with Crippen LogP contribution in [-0.4, -0.2) is 29.3 Å². The second-order valence-corrected chi connectivity index (χ2v) is 1.15. The van der Waals surface area contributed by atoms with E-state index in [0.717, 1.165) is 0 Å². The molecule has 0 bridgehead atoms. The van der Waals surface area contributed by atoms with Crippen molar-refractivity contribution in [1.82, 2.24) is 0 Å². The molecule has 0 spiro atoms. The predicted octanol–water partition coefficient (Wildman–Crippen LogP) is -15.8. The minimum atomic E-state index is -2.92. The first-order chi connectivity index (χ1) is 6.93. The summed E-state index contributed by atoms with van der Waals surface area (Å²) in [4.78, 5) is 0. The maximum atomic E-state index is 8.42. The van der Waals surface area contributed by atoms with Crippen molar-refractivity contribution in [2.75, 3.05) is 0 Å². The van der Waals surface area contributed by atoms with Crippen LogP contribution in [0.3, 0.4) is 0 Å². The molecule has 0 saturated carbocycles. The zero-order valence-electron chi connectivity index (χ0n) is 8.55. The van der Waals surface area contributed by atoms with Gasteiger partial charge in [0.05, 0.1) is 0 Å². The fourth-order valence-corrected chi connectivity index (χ4v) is 0. The Morgan fingerprint density at radius 3 is 0.263 bits per heavy atom. The summed E-state index contributed by atoms with van der Waals surface area (Å²) in [5, 5.41) is 101. The van der Waals surface area contributed by atoms with Gasteiger partial charge in [0.2, 0.25) is 0 Å². The molecule has 0 aliphatic heterocycles. The molecule has 0 aliphatic carbocycles. The third kappa shape index (κ3) is 2560. The first kappa shape index (κ1) is 42.8. The molecule has 0 atom stereocenters. The van der Waals surface area contributed by atoms with Crippen molar-refractivity contribution >= 4 is 29.3 Å². The van der Waals surface area contributed by atoms with E-state index in [4.69, 9.17) is 60.3 Å². The molecule has 0 aliphatic rings. The maximum absolute atomic E-state index is 8.42. The molecule has 0 aromatic carbocycles. The topological polar surface area (TPSA) is 277 Å². The molecule has 0 unspecified atom stereocenters. The van der Waals surface area contributed by atoms with Gasteiger partial charge in [-0.3, -0.25) is 29.3 Å². The molecule has 0 saturated heterocycles. The average molecular weight is 388 g/mol. The van der Waals surface area contributed by atoms with Gasteiger partial charge in [-0.15, -0.1) is 0 Å². The molecule has 0 rings (SSSR count). The van der Waals surface area contributed by atoms with Crippen LogP contribution in [0.25, 0.3) is 0 Å². The van der Waals surface area contributed by atoms with Crippen molar-refractivity contribution in [3.63, 3.8) is 0 Å². The smallest absolute Gasteiger partial charge is 0.907 e. The molecule has 0 aromatic heterocycles. The molecule has 99 valence electrons. The van der Waals surface area contributed by atoms with Gasteiger partial charge >= 0.3 is 55.7 Å². The van der Waals surface area contributed by atoms with Crippen molar-refractivity contribution in [2.24, 2.45) is 0 Å². The minimum Gasteiger partial charge on any atom is -0.907 e. The zero-order chi connectivity index (χ0) is 14.3. The molecule has 0 fully saturated rings. The Labute approximate surface area is 145 Å². The van der Waals surface area contributed by atoms with Crippen molar-refractivity contribution in [2.45, 2.75) is 0 Å². The standard InChI is InChI=1S/4BO3.3V/c4*2-1(3)4;;;/q4*-3;3*+4. The van der Waals surface area contributed by atoms with Crippen molar-refractivity contribution in [3.05, 3.63) is 0 Å². The van der Waals surface area contributed by atoms with Gasteiger partial charge in [-0.25, -0.2) is 0 Å². The minimum absolute atomic E-state index is 0. The molecule has 19 heteroatoms. The maximum Gasteiger partial charge on any atom is 4.00 e. The summed E-state index contributed by atoms with van der Waals surface area (Å²) in [6.45, 7) is 0. The summed E-state index contributed by atoms with van der Waals surface area (Å²) in [7, 11) is -11.7. The number of hydrogen-bond acceptors (Lipinski definition) is 12. The molecule has 19 heavy (non-hydrogen) atoms. The van der Waals surface area contributed by atoms with Crippen LogP contribution in [0.5, 0.6) is 0 Å².